The zero-order chi connectivity index (χ0) is 31.1. The molecule has 0 unspecified atom stereocenters. The van der Waals surface area contributed by atoms with Crippen molar-refractivity contribution in [1.29, 1.82) is 0 Å². The minimum atomic E-state index is -0.911. The van der Waals surface area contributed by atoms with Crippen LogP contribution >= 0.6 is 0 Å². The van der Waals surface area contributed by atoms with Crippen molar-refractivity contribution in [3.05, 3.63) is 53.6 Å². The van der Waals surface area contributed by atoms with E-state index in [2.05, 4.69) is 15.8 Å². The first-order chi connectivity index (χ1) is 21.9. The standard InChI is InChI=1S/C34H33F3N4O4/c1-3-24-28(36)8-5-21-15-23(45-20-42-2)16-27(29(21)24)25-6-7-26-31(30(25)37)38-33(39-32(26)40-11-13-43-14-12-40)44-19-34-9-4-10-41(34)18-22(35)17-34/h1,5-8,15-16,22H,4,9-14,17-20H2,2H3/t22-,34+/m1/s1. The number of alkyl halides is 1. The highest BCUT2D eigenvalue weighted by atomic mass is 19.1. The van der Waals surface area contributed by atoms with Gasteiger partial charge in [-0.1, -0.05) is 18.1 Å². The van der Waals surface area contributed by atoms with Crippen molar-refractivity contribution in [3.8, 4) is 35.2 Å². The number of terminal acetylenes is 1. The highest BCUT2D eigenvalue weighted by molar-refractivity contribution is 6.04. The van der Waals surface area contributed by atoms with E-state index < -0.39 is 23.3 Å². The van der Waals surface area contributed by atoms with Crippen molar-refractivity contribution < 1.29 is 32.1 Å². The highest BCUT2D eigenvalue weighted by Gasteiger charge is 2.49. The van der Waals surface area contributed by atoms with Gasteiger partial charge in [0.1, 0.15) is 35.7 Å². The Balaban J connectivity index is 1.38. The summed E-state index contributed by atoms with van der Waals surface area (Å²) in [5, 5.41) is 1.45. The van der Waals surface area contributed by atoms with E-state index in [4.69, 9.17) is 30.4 Å². The Hall–Kier alpha value is -4.11. The molecule has 7 rings (SSSR count). The smallest absolute Gasteiger partial charge is 0.319 e. The molecule has 3 aliphatic rings. The molecule has 234 valence electrons. The van der Waals surface area contributed by atoms with Crippen LogP contribution in [0, 0.1) is 24.0 Å². The molecule has 0 spiro atoms. The lowest BCUT2D eigenvalue weighted by Gasteiger charge is -2.31. The number of methoxy groups -OCH3 is 1. The fourth-order valence-electron chi connectivity index (χ4n) is 7.04. The molecular weight excluding hydrogens is 585 g/mol. The minimum absolute atomic E-state index is 0.0148. The van der Waals surface area contributed by atoms with Gasteiger partial charge in [0, 0.05) is 49.5 Å². The quantitative estimate of drug-likeness (QED) is 0.190. The van der Waals surface area contributed by atoms with Crippen molar-refractivity contribution in [1.82, 2.24) is 14.9 Å². The number of benzene rings is 3. The number of halogens is 3. The van der Waals surface area contributed by atoms with Gasteiger partial charge in [-0.3, -0.25) is 4.90 Å². The summed E-state index contributed by atoms with van der Waals surface area (Å²) in [4.78, 5) is 13.5. The molecule has 3 aliphatic heterocycles. The first-order valence-electron chi connectivity index (χ1n) is 15.1. The number of nitrogens with zero attached hydrogens (tertiary/aromatic N) is 4. The summed E-state index contributed by atoms with van der Waals surface area (Å²) in [7, 11) is 1.49. The normalized spacial score (nSPS) is 21.8. The molecule has 3 fully saturated rings. The second-order valence-corrected chi connectivity index (χ2v) is 11.8. The lowest BCUT2D eigenvalue weighted by molar-refractivity contribution is 0.0512. The summed E-state index contributed by atoms with van der Waals surface area (Å²) in [6.07, 6.45) is 7.01. The molecule has 0 amide bonds. The van der Waals surface area contributed by atoms with Crippen LogP contribution in [-0.4, -0.2) is 86.5 Å². The number of anilines is 1. The summed E-state index contributed by atoms with van der Waals surface area (Å²) in [5.41, 5.74) is 0.148. The van der Waals surface area contributed by atoms with Gasteiger partial charge < -0.3 is 23.8 Å². The molecule has 0 bridgehead atoms. The van der Waals surface area contributed by atoms with Gasteiger partial charge in [0.15, 0.2) is 12.6 Å². The average molecular weight is 619 g/mol. The van der Waals surface area contributed by atoms with Crippen LogP contribution in [0.3, 0.4) is 0 Å². The SMILES string of the molecule is C#Cc1c(F)ccc2cc(OCOC)cc(-c3ccc4c(N5CCOCC5)nc(OC[C@@]56CCCN5C[C@H](F)C6)nc4c3F)c12. The number of hydrogen-bond acceptors (Lipinski definition) is 8. The third kappa shape index (κ3) is 5.31. The zero-order valence-electron chi connectivity index (χ0n) is 25.0. The van der Waals surface area contributed by atoms with Crippen LogP contribution in [0.25, 0.3) is 32.8 Å². The van der Waals surface area contributed by atoms with Gasteiger partial charge in [-0.15, -0.1) is 6.42 Å². The Labute approximate surface area is 259 Å². The van der Waals surface area contributed by atoms with Gasteiger partial charge in [-0.05, 0) is 54.6 Å². The molecule has 0 radical (unpaired) electrons. The van der Waals surface area contributed by atoms with Gasteiger partial charge in [0.25, 0.3) is 0 Å². The Morgan fingerprint density at radius 3 is 2.71 bits per heavy atom. The van der Waals surface area contributed by atoms with Gasteiger partial charge >= 0.3 is 6.01 Å². The van der Waals surface area contributed by atoms with Gasteiger partial charge in [0.05, 0.1) is 24.3 Å². The summed E-state index contributed by atoms with van der Waals surface area (Å²) in [6, 6.07) is 9.59. The van der Waals surface area contributed by atoms with Crippen LogP contribution in [-0.2, 0) is 9.47 Å². The Morgan fingerprint density at radius 2 is 1.91 bits per heavy atom. The molecule has 0 N–H and O–H groups in total. The van der Waals surface area contributed by atoms with Crippen LogP contribution in [0.1, 0.15) is 24.8 Å². The topological polar surface area (TPSA) is 69.2 Å². The van der Waals surface area contributed by atoms with Crippen LogP contribution in [0.5, 0.6) is 11.8 Å². The number of rotatable bonds is 8. The number of ether oxygens (including phenoxy) is 4. The molecule has 3 aromatic carbocycles. The summed E-state index contributed by atoms with van der Waals surface area (Å²) < 4.78 is 68.8. The third-order valence-electron chi connectivity index (χ3n) is 9.13. The van der Waals surface area contributed by atoms with Crippen LogP contribution in [0.15, 0.2) is 36.4 Å². The van der Waals surface area contributed by atoms with Crippen LogP contribution in [0.4, 0.5) is 19.0 Å². The van der Waals surface area contributed by atoms with E-state index >= 15 is 4.39 Å². The Morgan fingerprint density at radius 1 is 1.07 bits per heavy atom. The van der Waals surface area contributed by atoms with Crippen LogP contribution in [0.2, 0.25) is 0 Å². The fraction of sp³-hybridized carbons (Fsp3) is 0.412. The molecule has 2 atom stereocenters. The molecule has 45 heavy (non-hydrogen) atoms. The molecule has 0 saturated carbocycles. The summed E-state index contributed by atoms with van der Waals surface area (Å²) >= 11 is 0. The zero-order valence-corrected chi connectivity index (χ0v) is 25.0. The highest BCUT2D eigenvalue weighted by Crippen LogP contribution is 2.42. The first-order valence-corrected chi connectivity index (χ1v) is 15.1. The van der Waals surface area contributed by atoms with E-state index in [9.17, 15) is 8.78 Å². The summed E-state index contributed by atoms with van der Waals surface area (Å²) in [5.74, 6) is 2.13. The molecule has 8 nitrogen and oxygen atoms in total. The molecule has 4 heterocycles. The second kappa shape index (κ2) is 12.0. The van der Waals surface area contributed by atoms with Gasteiger partial charge in [-0.2, -0.15) is 9.97 Å². The number of fused-ring (bicyclic) bond motifs is 3. The van der Waals surface area contributed by atoms with Crippen molar-refractivity contribution in [3.63, 3.8) is 0 Å². The minimum Gasteiger partial charge on any atom is -0.468 e. The molecular formula is C34H33F3N4O4. The average Bonchev–Trinajstić information content (AvgIpc) is 3.58. The molecule has 0 aliphatic carbocycles. The van der Waals surface area contributed by atoms with Crippen molar-refractivity contribution >= 4 is 27.5 Å². The lowest BCUT2D eigenvalue weighted by atomic mass is 9.93. The van der Waals surface area contributed by atoms with E-state index in [1.54, 1.807) is 30.3 Å². The fourth-order valence-corrected chi connectivity index (χ4v) is 7.04. The molecule has 3 saturated heterocycles. The van der Waals surface area contributed by atoms with E-state index in [-0.39, 0.29) is 36.1 Å². The largest absolute Gasteiger partial charge is 0.468 e. The Kier molecular flexibility index (Phi) is 7.89. The van der Waals surface area contributed by atoms with Gasteiger partial charge in [0.2, 0.25) is 0 Å². The maximum atomic E-state index is 16.9. The maximum absolute atomic E-state index is 16.9. The van der Waals surface area contributed by atoms with Crippen molar-refractivity contribution in [2.24, 2.45) is 0 Å². The van der Waals surface area contributed by atoms with Crippen molar-refractivity contribution in [2.75, 3.05) is 64.8 Å². The van der Waals surface area contributed by atoms with E-state index in [1.807, 2.05) is 4.90 Å². The molecule has 11 heteroatoms. The first kappa shape index (κ1) is 29.6. The number of morpholine rings is 1. The second-order valence-electron chi connectivity index (χ2n) is 11.8. The third-order valence-corrected chi connectivity index (χ3v) is 9.13. The van der Waals surface area contributed by atoms with Crippen molar-refractivity contribution in [2.45, 2.75) is 31.0 Å². The molecule has 4 aromatic rings. The predicted octanol–water partition coefficient (Wildman–Crippen LogP) is 5.48. The van der Waals surface area contributed by atoms with E-state index in [1.165, 1.54) is 13.2 Å². The summed E-state index contributed by atoms with van der Waals surface area (Å²) in [6.45, 7) is 3.50. The molecule has 1 aromatic heterocycles. The van der Waals surface area contributed by atoms with E-state index in [0.717, 1.165) is 19.4 Å². The Bertz CT molecular complexity index is 1810. The van der Waals surface area contributed by atoms with Gasteiger partial charge in [-0.25, -0.2) is 13.2 Å². The predicted molar refractivity (Wildman–Crippen MR) is 164 cm³/mol. The number of aromatic nitrogens is 2. The monoisotopic (exact) mass is 618 g/mol. The van der Waals surface area contributed by atoms with Crippen LogP contribution < -0.4 is 14.4 Å². The lowest BCUT2D eigenvalue weighted by Crippen LogP contribution is -2.43. The van der Waals surface area contributed by atoms with E-state index in [0.29, 0.717) is 72.6 Å². The number of hydrogen-bond donors (Lipinski definition) is 0. The maximum Gasteiger partial charge on any atom is 0.319 e.